The average molecular weight is 230 g/mol. The normalized spacial score (nSPS) is 24.9. The van der Waals surface area contributed by atoms with Crippen molar-refractivity contribution in [2.45, 2.75) is 44.9 Å². The first-order valence-electron chi connectivity index (χ1n) is 6.30. The Morgan fingerprint density at radius 2 is 2.25 bits per heavy atom. The van der Waals surface area contributed by atoms with E-state index < -0.39 is 0 Å². The van der Waals surface area contributed by atoms with Gasteiger partial charge in [-0.1, -0.05) is 0 Å². The van der Waals surface area contributed by atoms with Gasteiger partial charge in [-0.25, -0.2) is 0 Å². The molecular weight excluding hydrogens is 204 g/mol. The lowest BCUT2D eigenvalue weighted by atomic mass is 10.1. The molecule has 3 atom stereocenters. The molecule has 4 heteroatoms. The van der Waals surface area contributed by atoms with Crippen LogP contribution in [0, 0.1) is 0 Å². The molecule has 2 N–H and O–H groups in total. The summed E-state index contributed by atoms with van der Waals surface area (Å²) in [5.41, 5.74) is 0. The minimum Gasteiger partial charge on any atom is -0.395 e. The molecule has 1 aliphatic heterocycles. The first-order valence-corrected chi connectivity index (χ1v) is 6.30. The third kappa shape index (κ3) is 4.01. The van der Waals surface area contributed by atoms with E-state index in [2.05, 4.69) is 24.1 Å². The molecule has 0 radical (unpaired) electrons. The molecule has 3 unspecified atom stereocenters. The highest BCUT2D eigenvalue weighted by Gasteiger charge is 2.24. The Morgan fingerprint density at radius 1 is 1.50 bits per heavy atom. The summed E-state index contributed by atoms with van der Waals surface area (Å²) in [5.74, 6) is 0. The Hall–Kier alpha value is -0.160. The Morgan fingerprint density at radius 3 is 2.75 bits per heavy atom. The fraction of sp³-hybridized carbons (Fsp3) is 1.00. The smallest absolute Gasteiger partial charge is 0.0695 e. The van der Waals surface area contributed by atoms with Crippen LogP contribution in [0.5, 0.6) is 0 Å². The van der Waals surface area contributed by atoms with Crippen LogP contribution < -0.4 is 5.32 Å². The Bertz CT molecular complexity index is 184. The molecule has 16 heavy (non-hydrogen) atoms. The summed E-state index contributed by atoms with van der Waals surface area (Å²) >= 11 is 0. The van der Waals surface area contributed by atoms with Crippen LogP contribution in [0.3, 0.4) is 0 Å². The fourth-order valence-corrected chi connectivity index (χ4v) is 2.28. The zero-order valence-electron chi connectivity index (χ0n) is 10.8. The van der Waals surface area contributed by atoms with Gasteiger partial charge in [0.15, 0.2) is 0 Å². The van der Waals surface area contributed by atoms with E-state index in [4.69, 9.17) is 9.84 Å². The molecule has 0 amide bonds. The quantitative estimate of drug-likeness (QED) is 0.667. The summed E-state index contributed by atoms with van der Waals surface area (Å²) < 4.78 is 5.36. The van der Waals surface area contributed by atoms with Crippen LogP contribution in [0.15, 0.2) is 0 Å². The van der Waals surface area contributed by atoms with Gasteiger partial charge in [0.05, 0.1) is 12.7 Å². The molecule has 0 spiro atoms. The largest absolute Gasteiger partial charge is 0.395 e. The molecule has 0 bridgehead atoms. The van der Waals surface area contributed by atoms with Gasteiger partial charge in [0.1, 0.15) is 0 Å². The molecule has 4 nitrogen and oxygen atoms in total. The molecule has 0 aromatic carbocycles. The van der Waals surface area contributed by atoms with Crippen LogP contribution in [-0.4, -0.2) is 61.5 Å². The molecule has 0 saturated carbocycles. The maximum atomic E-state index is 9.11. The van der Waals surface area contributed by atoms with Crippen LogP contribution in [0.25, 0.3) is 0 Å². The summed E-state index contributed by atoms with van der Waals surface area (Å²) in [7, 11) is 1.74. The van der Waals surface area contributed by atoms with E-state index >= 15 is 0 Å². The lowest BCUT2D eigenvalue weighted by Gasteiger charge is -2.33. The minimum atomic E-state index is 0.202. The highest BCUT2D eigenvalue weighted by atomic mass is 16.5. The van der Waals surface area contributed by atoms with E-state index in [0.717, 1.165) is 19.6 Å². The summed E-state index contributed by atoms with van der Waals surface area (Å²) in [6.45, 7) is 7.33. The second-order valence-electron chi connectivity index (χ2n) is 4.69. The van der Waals surface area contributed by atoms with E-state index in [-0.39, 0.29) is 12.7 Å². The number of rotatable bonds is 7. The second-order valence-corrected chi connectivity index (χ2v) is 4.69. The number of nitrogens with one attached hydrogen (secondary N) is 1. The van der Waals surface area contributed by atoms with Crippen LogP contribution in [0.4, 0.5) is 0 Å². The first kappa shape index (κ1) is 13.9. The standard InChI is InChI=1S/C12H26N2O2/c1-10(11(2)16-3)14(7-8-15)9-12-5-4-6-13-12/h10-13,15H,4-9H2,1-3H3. The molecule has 0 aromatic rings. The molecule has 0 aliphatic carbocycles. The van der Waals surface area contributed by atoms with Crippen molar-refractivity contribution in [2.24, 2.45) is 0 Å². The van der Waals surface area contributed by atoms with Crippen LogP contribution in [0.1, 0.15) is 26.7 Å². The summed E-state index contributed by atoms with van der Waals surface area (Å²) in [4.78, 5) is 2.32. The van der Waals surface area contributed by atoms with Gasteiger partial charge in [0.2, 0.25) is 0 Å². The number of hydrogen-bond donors (Lipinski definition) is 2. The first-order chi connectivity index (χ1) is 7.69. The van der Waals surface area contributed by atoms with Gasteiger partial charge in [0.25, 0.3) is 0 Å². The van der Waals surface area contributed by atoms with Crippen LogP contribution >= 0.6 is 0 Å². The van der Waals surface area contributed by atoms with Crippen molar-refractivity contribution in [2.75, 3.05) is 33.4 Å². The van der Waals surface area contributed by atoms with Crippen molar-refractivity contribution in [3.05, 3.63) is 0 Å². The van der Waals surface area contributed by atoms with Crippen molar-refractivity contribution >= 4 is 0 Å². The third-order valence-corrected chi connectivity index (χ3v) is 3.63. The number of nitrogens with zero attached hydrogens (tertiary/aromatic N) is 1. The molecule has 96 valence electrons. The van der Waals surface area contributed by atoms with Gasteiger partial charge in [-0.05, 0) is 33.2 Å². The lowest BCUT2D eigenvalue weighted by molar-refractivity contribution is 0.0234. The molecule has 1 saturated heterocycles. The van der Waals surface area contributed by atoms with Crippen molar-refractivity contribution < 1.29 is 9.84 Å². The average Bonchev–Trinajstić information content (AvgIpc) is 2.79. The monoisotopic (exact) mass is 230 g/mol. The Balaban J connectivity index is 2.44. The minimum absolute atomic E-state index is 0.202. The molecule has 0 aromatic heterocycles. The number of hydrogen-bond acceptors (Lipinski definition) is 4. The third-order valence-electron chi connectivity index (χ3n) is 3.63. The van der Waals surface area contributed by atoms with Gasteiger partial charge in [-0.2, -0.15) is 0 Å². The van der Waals surface area contributed by atoms with Crippen molar-refractivity contribution in [3.63, 3.8) is 0 Å². The summed E-state index contributed by atoms with van der Waals surface area (Å²) in [5, 5.41) is 12.6. The van der Waals surface area contributed by atoms with Gasteiger partial charge < -0.3 is 15.2 Å². The molecule has 1 aliphatic rings. The van der Waals surface area contributed by atoms with E-state index in [1.54, 1.807) is 7.11 Å². The molecule has 1 rings (SSSR count). The maximum Gasteiger partial charge on any atom is 0.0695 e. The van der Waals surface area contributed by atoms with E-state index in [1.165, 1.54) is 12.8 Å². The highest BCUT2D eigenvalue weighted by Crippen LogP contribution is 2.12. The predicted molar refractivity (Wildman–Crippen MR) is 65.6 cm³/mol. The van der Waals surface area contributed by atoms with Crippen LogP contribution in [-0.2, 0) is 4.74 Å². The van der Waals surface area contributed by atoms with Gasteiger partial charge in [-0.15, -0.1) is 0 Å². The SMILES string of the molecule is COC(C)C(C)N(CCO)CC1CCCN1. The predicted octanol–water partition coefficient (Wildman–Crippen LogP) is 0.456. The highest BCUT2D eigenvalue weighted by molar-refractivity contribution is 4.82. The number of aliphatic hydroxyl groups excluding tert-OH is 1. The molecular formula is C12H26N2O2. The van der Waals surface area contributed by atoms with Gasteiger partial charge in [0, 0.05) is 32.3 Å². The van der Waals surface area contributed by atoms with Crippen molar-refractivity contribution in [3.8, 4) is 0 Å². The van der Waals surface area contributed by atoms with Crippen LogP contribution in [0.2, 0.25) is 0 Å². The Labute approximate surface area is 99.0 Å². The molecule has 1 fully saturated rings. The number of aliphatic hydroxyl groups is 1. The number of methoxy groups -OCH3 is 1. The maximum absolute atomic E-state index is 9.11. The fourth-order valence-electron chi connectivity index (χ4n) is 2.28. The van der Waals surface area contributed by atoms with Crippen molar-refractivity contribution in [1.29, 1.82) is 0 Å². The van der Waals surface area contributed by atoms with E-state index in [9.17, 15) is 0 Å². The Kier molecular flexibility index (Phi) is 6.28. The van der Waals surface area contributed by atoms with Gasteiger partial charge in [-0.3, -0.25) is 4.90 Å². The van der Waals surface area contributed by atoms with Gasteiger partial charge >= 0.3 is 0 Å². The zero-order valence-corrected chi connectivity index (χ0v) is 10.8. The number of ether oxygens (including phenoxy) is 1. The summed E-state index contributed by atoms with van der Waals surface area (Å²) in [6, 6.07) is 0.928. The zero-order chi connectivity index (χ0) is 12.0. The van der Waals surface area contributed by atoms with E-state index in [0.29, 0.717) is 12.1 Å². The van der Waals surface area contributed by atoms with Crippen molar-refractivity contribution in [1.82, 2.24) is 10.2 Å². The second kappa shape index (κ2) is 7.22. The summed E-state index contributed by atoms with van der Waals surface area (Å²) in [6.07, 6.45) is 2.72. The topological polar surface area (TPSA) is 44.7 Å². The van der Waals surface area contributed by atoms with E-state index in [1.807, 2.05) is 0 Å². The lowest BCUT2D eigenvalue weighted by Crippen LogP contribution is -2.47. The molecule has 1 heterocycles.